The third-order valence-electron chi connectivity index (χ3n) is 6.64. The highest BCUT2D eigenvalue weighted by atomic mass is 32.2. The van der Waals surface area contributed by atoms with Gasteiger partial charge in [-0.15, -0.1) is 0 Å². The fraction of sp³-hybridized carbons (Fsp3) is 0.586. The fourth-order valence-electron chi connectivity index (χ4n) is 4.83. The van der Waals surface area contributed by atoms with Crippen LogP contribution in [-0.2, 0) is 40.8 Å². The van der Waals surface area contributed by atoms with E-state index in [4.69, 9.17) is 18.0 Å². The van der Waals surface area contributed by atoms with Gasteiger partial charge >= 0.3 is 7.60 Å². The van der Waals surface area contributed by atoms with Crippen molar-refractivity contribution in [1.29, 1.82) is 0 Å². The van der Waals surface area contributed by atoms with Gasteiger partial charge in [0.2, 0.25) is 0 Å². The van der Waals surface area contributed by atoms with E-state index < -0.39 is 22.7 Å². The van der Waals surface area contributed by atoms with Crippen molar-refractivity contribution in [3.8, 4) is 11.5 Å². The number of benzene rings is 2. The minimum absolute atomic E-state index is 0.0888. The predicted molar refractivity (Wildman–Crippen MR) is 151 cm³/mol. The number of ether oxygens (including phenoxy) is 1. The van der Waals surface area contributed by atoms with Gasteiger partial charge in [0.25, 0.3) is 10.1 Å². The molecule has 1 aliphatic rings. The van der Waals surface area contributed by atoms with Crippen molar-refractivity contribution in [3.63, 3.8) is 0 Å². The average Bonchev–Trinajstić information content (AvgIpc) is 2.88. The molecule has 1 unspecified atom stereocenters. The molecule has 212 valence electrons. The molecule has 0 N–H and O–H groups in total. The van der Waals surface area contributed by atoms with Crippen molar-refractivity contribution < 1.29 is 31.0 Å². The van der Waals surface area contributed by atoms with Crippen molar-refractivity contribution in [2.75, 3.05) is 13.2 Å². The van der Waals surface area contributed by atoms with Crippen molar-refractivity contribution in [2.24, 2.45) is 0 Å². The first-order valence-electron chi connectivity index (χ1n) is 14.0. The van der Waals surface area contributed by atoms with Gasteiger partial charge in [-0.05, 0) is 87.8 Å². The molecule has 0 amide bonds. The summed E-state index contributed by atoms with van der Waals surface area (Å²) in [5.41, 5.74) is 2.28. The Balaban J connectivity index is 1.69. The van der Waals surface area contributed by atoms with Crippen LogP contribution in [0.15, 0.2) is 48.5 Å². The molecule has 1 atom stereocenters. The Morgan fingerprint density at radius 1 is 0.868 bits per heavy atom. The molecule has 0 bridgehead atoms. The lowest BCUT2D eigenvalue weighted by atomic mass is 9.98. The molecule has 7 nitrogen and oxygen atoms in total. The highest BCUT2D eigenvalue weighted by Gasteiger charge is 2.46. The number of aryl methyl sites for hydroxylation is 2. The number of hydrogen-bond acceptors (Lipinski definition) is 7. The average molecular weight is 567 g/mol. The molecule has 2 aromatic carbocycles. The van der Waals surface area contributed by atoms with Crippen molar-refractivity contribution in [3.05, 3.63) is 59.7 Å². The summed E-state index contributed by atoms with van der Waals surface area (Å²) in [7, 11) is -8.12. The van der Waals surface area contributed by atoms with Crippen LogP contribution in [0.2, 0.25) is 0 Å². The molecule has 0 radical (unpaired) electrons. The third kappa shape index (κ3) is 9.20. The molecule has 2 aromatic rings. The maximum absolute atomic E-state index is 13.6. The van der Waals surface area contributed by atoms with E-state index in [2.05, 4.69) is 19.1 Å². The molecule has 1 aliphatic carbocycles. The predicted octanol–water partition coefficient (Wildman–Crippen LogP) is 8.03. The van der Waals surface area contributed by atoms with Crippen LogP contribution in [0.1, 0.15) is 83.3 Å². The molecule has 9 heteroatoms. The quantitative estimate of drug-likeness (QED) is 0.150. The summed E-state index contributed by atoms with van der Waals surface area (Å²) in [5, 5.41) is 0. The molecular formula is C29H43O7PS. The summed E-state index contributed by atoms with van der Waals surface area (Å²) in [4.78, 5) is -1.36. The molecule has 0 saturated heterocycles. The standard InChI is InChI=1S/C29H43O7PS/c1-4-12-24-19-21-26(22-20-24)35-28-17-10-13-25(23-28)14-11-18-29(37(30,33-5-2)34-6-3)38(31,32)36-27-15-8-7-9-16-27/h10,13,17,19-23,27,29H,4-9,11-12,14-16,18H2,1-3H3. The molecule has 3 rings (SSSR count). The Morgan fingerprint density at radius 3 is 2.18 bits per heavy atom. The maximum Gasteiger partial charge on any atom is 0.351 e. The minimum Gasteiger partial charge on any atom is -0.457 e. The fourth-order valence-corrected chi connectivity index (χ4v) is 9.39. The number of hydrogen-bond donors (Lipinski definition) is 0. The zero-order chi connectivity index (χ0) is 27.4. The molecule has 1 fully saturated rings. The lowest BCUT2D eigenvalue weighted by Crippen LogP contribution is -2.31. The van der Waals surface area contributed by atoms with Gasteiger partial charge in [0.1, 0.15) is 11.5 Å². The SMILES string of the molecule is CCCc1ccc(Oc2cccc(CCCC(P(=O)(OCC)OCC)S(=O)(=O)OC3CCCCC3)c2)cc1. The van der Waals surface area contributed by atoms with Crippen LogP contribution in [0.25, 0.3) is 0 Å². The molecule has 0 aliphatic heterocycles. The van der Waals surface area contributed by atoms with E-state index >= 15 is 0 Å². The van der Waals surface area contributed by atoms with Gasteiger partial charge in [0.05, 0.1) is 19.3 Å². The van der Waals surface area contributed by atoms with Crippen LogP contribution in [0.5, 0.6) is 11.5 Å². The lowest BCUT2D eigenvalue weighted by Gasteiger charge is -2.28. The zero-order valence-electron chi connectivity index (χ0n) is 23.0. The lowest BCUT2D eigenvalue weighted by molar-refractivity contribution is 0.158. The Bertz CT molecular complexity index is 1120. The summed E-state index contributed by atoms with van der Waals surface area (Å²) in [6.07, 6.45) is 7.24. The summed E-state index contributed by atoms with van der Waals surface area (Å²) < 4.78 is 63.0. The van der Waals surface area contributed by atoms with Gasteiger partial charge in [-0.1, -0.05) is 56.9 Å². The summed E-state index contributed by atoms with van der Waals surface area (Å²) in [6, 6.07) is 15.8. The summed E-state index contributed by atoms with van der Waals surface area (Å²) >= 11 is 0. The first-order valence-corrected chi connectivity index (χ1v) is 17.0. The summed E-state index contributed by atoms with van der Waals surface area (Å²) in [5.74, 6) is 1.48. The van der Waals surface area contributed by atoms with Crippen LogP contribution in [0, 0.1) is 0 Å². The Kier molecular flexibility index (Phi) is 12.3. The second-order valence-corrected chi connectivity index (χ2v) is 14.0. The van der Waals surface area contributed by atoms with Gasteiger partial charge in [-0.25, -0.2) is 0 Å². The smallest absolute Gasteiger partial charge is 0.351 e. The Hall–Kier alpha value is -1.70. The van der Waals surface area contributed by atoms with E-state index in [1.807, 2.05) is 36.4 Å². The van der Waals surface area contributed by atoms with Crippen molar-refractivity contribution >= 4 is 17.7 Å². The molecular weight excluding hydrogens is 523 g/mol. The monoisotopic (exact) mass is 566 g/mol. The van der Waals surface area contributed by atoms with Crippen LogP contribution >= 0.6 is 7.60 Å². The highest BCUT2D eigenvalue weighted by Crippen LogP contribution is 2.57. The first kappa shape index (κ1) is 30.8. The van der Waals surface area contributed by atoms with Crippen molar-refractivity contribution in [1.82, 2.24) is 0 Å². The highest BCUT2D eigenvalue weighted by molar-refractivity contribution is 7.94. The van der Waals surface area contributed by atoms with E-state index in [1.165, 1.54) is 5.56 Å². The van der Waals surface area contributed by atoms with E-state index in [9.17, 15) is 13.0 Å². The molecule has 1 saturated carbocycles. The Morgan fingerprint density at radius 2 is 1.55 bits per heavy atom. The maximum atomic E-state index is 13.6. The first-order chi connectivity index (χ1) is 18.3. The van der Waals surface area contributed by atoms with Gasteiger partial charge in [0, 0.05) is 0 Å². The third-order valence-corrected chi connectivity index (χ3v) is 11.8. The van der Waals surface area contributed by atoms with Crippen LogP contribution in [-0.4, -0.2) is 32.7 Å². The van der Waals surface area contributed by atoms with E-state index in [0.717, 1.165) is 43.4 Å². The van der Waals surface area contributed by atoms with Crippen LogP contribution < -0.4 is 4.74 Å². The largest absolute Gasteiger partial charge is 0.457 e. The summed E-state index contributed by atoms with van der Waals surface area (Å²) in [6.45, 7) is 5.70. The molecule has 0 aromatic heterocycles. The van der Waals surface area contributed by atoms with Crippen LogP contribution in [0.4, 0.5) is 0 Å². The minimum atomic E-state index is -4.17. The molecule has 0 heterocycles. The molecule has 38 heavy (non-hydrogen) atoms. The Labute approximate surface area is 228 Å². The van der Waals surface area contributed by atoms with Gasteiger partial charge in [-0.2, -0.15) is 8.42 Å². The van der Waals surface area contributed by atoms with Crippen molar-refractivity contribution in [2.45, 2.75) is 96.1 Å². The van der Waals surface area contributed by atoms with E-state index in [-0.39, 0.29) is 25.7 Å². The number of rotatable bonds is 16. The van der Waals surface area contributed by atoms with Crippen LogP contribution in [0.3, 0.4) is 0 Å². The van der Waals surface area contributed by atoms with E-state index in [0.29, 0.717) is 31.4 Å². The van der Waals surface area contributed by atoms with Gasteiger partial charge < -0.3 is 13.8 Å². The zero-order valence-corrected chi connectivity index (χ0v) is 24.7. The normalized spacial score (nSPS) is 15.9. The van der Waals surface area contributed by atoms with E-state index in [1.54, 1.807) is 13.8 Å². The second kappa shape index (κ2) is 15.2. The second-order valence-electron chi connectivity index (χ2n) is 9.71. The van der Waals surface area contributed by atoms with Gasteiger partial charge in [0.15, 0.2) is 4.99 Å². The topological polar surface area (TPSA) is 88.1 Å². The van der Waals surface area contributed by atoms with Gasteiger partial charge in [-0.3, -0.25) is 8.75 Å². The molecule has 0 spiro atoms.